The third-order valence-electron chi connectivity index (χ3n) is 6.00. The Morgan fingerprint density at radius 1 is 1.07 bits per heavy atom. The quantitative estimate of drug-likeness (QED) is 0.276. The van der Waals surface area contributed by atoms with Gasteiger partial charge in [-0.05, 0) is 49.4 Å². The molecule has 2 N–H and O–H groups in total. The molecule has 0 spiro atoms. The molecule has 3 heterocycles. The first kappa shape index (κ1) is 28.6. The molecular weight excluding hydrogens is 579 g/mol. The Labute approximate surface area is 240 Å². The largest absolute Gasteiger partial charge is 0.416 e. The number of nitrogens with one attached hydrogen (secondary N) is 1. The predicted octanol–water partition coefficient (Wildman–Crippen LogP) is 3.27. The number of carbonyl (C=O) groups excluding carboxylic acids is 1. The van der Waals surface area contributed by atoms with Crippen molar-refractivity contribution < 1.29 is 23.1 Å². The van der Waals surface area contributed by atoms with Crippen LogP contribution in [0.15, 0.2) is 71.9 Å². The van der Waals surface area contributed by atoms with Crippen LogP contribution in [-0.2, 0) is 13.1 Å². The molecule has 1 unspecified atom stereocenters. The maximum absolute atomic E-state index is 13.1. The van der Waals surface area contributed by atoms with Crippen LogP contribution in [0.1, 0.15) is 21.9 Å². The summed E-state index contributed by atoms with van der Waals surface area (Å²) in [6, 6.07) is 14.2. The number of hydrogen-bond donors (Lipinski definition) is 2. The Kier molecular flexibility index (Phi) is 7.87. The molecule has 1 amide bonds. The molecule has 0 aliphatic carbocycles. The van der Waals surface area contributed by atoms with Gasteiger partial charge < -0.3 is 5.11 Å². The van der Waals surface area contributed by atoms with Gasteiger partial charge in [0.2, 0.25) is 5.95 Å². The van der Waals surface area contributed by atoms with E-state index in [1.807, 2.05) is 0 Å². The van der Waals surface area contributed by atoms with Crippen molar-refractivity contribution in [1.82, 2.24) is 39.1 Å². The predicted molar refractivity (Wildman–Crippen MR) is 144 cm³/mol. The third kappa shape index (κ3) is 6.21. The van der Waals surface area contributed by atoms with Crippen LogP contribution in [0.2, 0.25) is 5.02 Å². The molecule has 1 atom stereocenters. The summed E-state index contributed by atoms with van der Waals surface area (Å²) in [6.45, 7) is 0.371. The second-order valence-corrected chi connectivity index (χ2v) is 9.47. The van der Waals surface area contributed by atoms with Crippen molar-refractivity contribution in [2.24, 2.45) is 0 Å². The Bertz CT molecular complexity index is 1800. The number of para-hydroxylation sites is 1. The minimum absolute atomic E-state index is 0.0815. The number of alkyl halides is 3. The highest BCUT2D eigenvalue weighted by atomic mass is 35.5. The number of carbonyl (C=O) groups is 1. The lowest BCUT2D eigenvalue weighted by Gasteiger charge is -2.15. The highest BCUT2D eigenvalue weighted by Gasteiger charge is 2.39. The van der Waals surface area contributed by atoms with E-state index in [4.69, 9.17) is 11.6 Å². The van der Waals surface area contributed by atoms with Crippen LogP contribution in [0.3, 0.4) is 0 Å². The van der Waals surface area contributed by atoms with Gasteiger partial charge in [0.15, 0.2) is 17.8 Å². The average Bonchev–Trinajstić information content (AvgIpc) is 3.53. The van der Waals surface area contributed by atoms with E-state index in [1.54, 1.807) is 37.3 Å². The van der Waals surface area contributed by atoms with Gasteiger partial charge in [0.05, 0.1) is 17.8 Å². The van der Waals surface area contributed by atoms with E-state index in [2.05, 4.69) is 30.5 Å². The molecule has 0 aliphatic rings. The van der Waals surface area contributed by atoms with E-state index in [1.165, 1.54) is 41.5 Å². The van der Waals surface area contributed by atoms with E-state index in [9.17, 15) is 27.9 Å². The number of aryl methyl sites for hydroxylation is 1. The number of amides is 1. The Morgan fingerprint density at radius 2 is 1.81 bits per heavy atom. The Balaban J connectivity index is 1.44. The summed E-state index contributed by atoms with van der Waals surface area (Å²) in [6.07, 6.45) is -4.92. The van der Waals surface area contributed by atoms with E-state index >= 15 is 0 Å². The van der Waals surface area contributed by atoms with Gasteiger partial charge in [0.25, 0.3) is 5.91 Å². The van der Waals surface area contributed by atoms with Crippen LogP contribution in [-0.4, -0.2) is 62.4 Å². The zero-order valence-corrected chi connectivity index (χ0v) is 22.5. The van der Waals surface area contributed by atoms with Gasteiger partial charge in [-0.3, -0.25) is 14.7 Å². The van der Waals surface area contributed by atoms with Crippen LogP contribution in [0.4, 0.5) is 19.1 Å². The summed E-state index contributed by atoms with van der Waals surface area (Å²) in [5.74, 6) is -0.409. The minimum Gasteiger partial charge on any atom is -0.382 e. The molecular formula is C26H21ClF3N9O3. The fraction of sp³-hybridized carbons (Fsp3) is 0.192. The average molecular weight is 600 g/mol. The maximum Gasteiger partial charge on any atom is 0.416 e. The first-order chi connectivity index (χ1) is 20.0. The van der Waals surface area contributed by atoms with Gasteiger partial charge in [-0.25, -0.2) is 29.1 Å². The summed E-state index contributed by atoms with van der Waals surface area (Å²) in [7, 11) is 0. The van der Waals surface area contributed by atoms with Gasteiger partial charge in [-0.2, -0.15) is 13.2 Å². The maximum atomic E-state index is 13.1. The Hall–Kier alpha value is -4.89. The molecule has 12 nitrogen and oxygen atoms in total. The lowest BCUT2D eigenvalue weighted by Crippen LogP contribution is -2.37. The molecule has 0 fully saturated rings. The van der Waals surface area contributed by atoms with Crippen molar-refractivity contribution in [2.45, 2.75) is 32.3 Å². The number of benzene rings is 2. The molecule has 0 bridgehead atoms. The first-order valence-electron chi connectivity index (χ1n) is 12.3. The molecule has 0 aliphatic heterocycles. The monoisotopic (exact) mass is 599 g/mol. The number of nitrogens with zero attached hydrogens (tertiary/aromatic N) is 8. The molecule has 5 rings (SSSR count). The van der Waals surface area contributed by atoms with Gasteiger partial charge in [-0.1, -0.05) is 23.7 Å². The zero-order chi connectivity index (χ0) is 30.0. The number of aliphatic hydroxyl groups is 1. The summed E-state index contributed by atoms with van der Waals surface area (Å²) in [5.41, 5.74) is 0.638. The van der Waals surface area contributed by atoms with Crippen LogP contribution in [0, 0.1) is 6.92 Å². The fourth-order valence-corrected chi connectivity index (χ4v) is 4.09. The normalized spacial score (nSPS) is 12.3. The van der Waals surface area contributed by atoms with E-state index in [0.717, 1.165) is 9.25 Å². The number of rotatable bonds is 8. The minimum atomic E-state index is -4.95. The van der Waals surface area contributed by atoms with E-state index in [-0.39, 0.29) is 29.7 Å². The van der Waals surface area contributed by atoms with Crippen molar-refractivity contribution in [3.8, 4) is 17.1 Å². The number of anilines is 1. The third-order valence-corrected chi connectivity index (χ3v) is 6.26. The lowest BCUT2D eigenvalue weighted by atomic mass is 10.1. The molecule has 16 heteroatoms. The number of hydrogen-bond acceptors (Lipinski definition) is 8. The van der Waals surface area contributed by atoms with Crippen LogP contribution < -0.4 is 11.0 Å². The van der Waals surface area contributed by atoms with Crippen molar-refractivity contribution >= 4 is 23.5 Å². The molecule has 216 valence electrons. The first-order valence-corrected chi connectivity index (χ1v) is 12.7. The number of aromatic nitrogens is 8. The zero-order valence-electron chi connectivity index (χ0n) is 21.7. The van der Waals surface area contributed by atoms with Crippen molar-refractivity contribution in [3.63, 3.8) is 0 Å². The molecule has 3 aromatic heterocycles. The lowest BCUT2D eigenvalue weighted by molar-refractivity contribution is -0.207. The summed E-state index contributed by atoms with van der Waals surface area (Å²) >= 11 is 5.92. The van der Waals surface area contributed by atoms with Crippen LogP contribution >= 0.6 is 11.6 Å². The highest BCUT2D eigenvalue weighted by molar-refractivity contribution is 6.30. The number of halogens is 4. The van der Waals surface area contributed by atoms with Crippen LogP contribution in [0.5, 0.6) is 0 Å². The number of aliphatic hydroxyl groups excluding tert-OH is 1. The topological polar surface area (TPSA) is 146 Å². The summed E-state index contributed by atoms with van der Waals surface area (Å²) in [4.78, 5) is 38.5. The van der Waals surface area contributed by atoms with Crippen LogP contribution in [0.25, 0.3) is 17.1 Å². The van der Waals surface area contributed by atoms with Gasteiger partial charge in [0, 0.05) is 22.5 Å². The van der Waals surface area contributed by atoms with Gasteiger partial charge in [0.1, 0.15) is 12.9 Å². The van der Waals surface area contributed by atoms with Crippen molar-refractivity contribution in [1.29, 1.82) is 0 Å². The second-order valence-electron chi connectivity index (χ2n) is 9.04. The van der Waals surface area contributed by atoms with Gasteiger partial charge in [-0.15, -0.1) is 10.2 Å². The highest BCUT2D eigenvalue weighted by Crippen LogP contribution is 2.24. The SMILES string of the molecule is Cc1ccnc(NC(=O)c2ccccc2-n2cnc(Cn3nc(-c4ccc(Cl)cc4)n(CC(O)C(F)(F)F)c3=O)n2)n1. The fourth-order valence-electron chi connectivity index (χ4n) is 3.96. The second kappa shape index (κ2) is 11.5. The molecule has 2 aromatic carbocycles. The van der Waals surface area contributed by atoms with E-state index < -0.39 is 30.4 Å². The molecule has 0 saturated carbocycles. The summed E-state index contributed by atoms with van der Waals surface area (Å²) in [5, 5.41) is 21.2. The van der Waals surface area contributed by atoms with Crippen molar-refractivity contribution in [3.05, 3.63) is 99.7 Å². The molecule has 0 saturated heterocycles. The molecule has 0 radical (unpaired) electrons. The summed E-state index contributed by atoms with van der Waals surface area (Å²) < 4.78 is 42.3. The standard InChI is InChI=1S/C26H21ClF3N9O3/c1-15-10-11-31-24(33-15)34-23(41)18-4-2-3-5-19(18)39-14-32-21(35-39)13-38-25(42)37(12-20(40)26(28,29)30)22(36-38)16-6-8-17(27)9-7-16/h2-11,14,20,40H,12-13H2,1H3,(H,31,33,34,41). The Morgan fingerprint density at radius 3 is 2.52 bits per heavy atom. The molecule has 42 heavy (non-hydrogen) atoms. The molecule has 5 aromatic rings. The van der Waals surface area contributed by atoms with Crippen molar-refractivity contribution in [2.75, 3.05) is 5.32 Å². The van der Waals surface area contributed by atoms with Gasteiger partial charge >= 0.3 is 11.9 Å². The van der Waals surface area contributed by atoms with E-state index in [0.29, 0.717) is 22.0 Å². The smallest absolute Gasteiger partial charge is 0.382 e.